The van der Waals surface area contributed by atoms with Crippen LogP contribution in [0.5, 0.6) is 5.75 Å². The maximum absolute atomic E-state index is 7.55. The minimum Gasteiger partial charge on any atom is -0.490 e. The van der Waals surface area contributed by atoms with Gasteiger partial charge in [-0.1, -0.05) is 6.07 Å². The number of nitrogens with two attached hydrogens (primary N) is 1. The van der Waals surface area contributed by atoms with E-state index in [2.05, 4.69) is 15.9 Å². The first-order chi connectivity index (χ1) is 10.2. The Morgan fingerprint density at radius 2 is 1.71 bits per heavy atom. The second-order valence-corrected chi connectivity index (χ2v) is 4.95. The van der Waals surface area contributed by atoms with Crippen LogP contribution in [0.15, 0.2) is 22.7 Å². The fourth-order valence-corrected chi connectivity index (χ4v) is 2.12. The van der Waals surface area contributed by atoms with Crippen molar-refractivity contribution in [3.8, 4) is 5.75 Å². The van der Waals surface area contributed by atoms with Gasteiger partial charge in [-0.15, -0.1) is 0 Å². The molecule has 6 nitrogen and oxygen atoms in total. The highest BCUT2D eigenvalue weighted by atomic mass is 79.9. The zero-order valence-electron chi connectivity index (χ0n) is 12.1. The van der Waals surface area contributed by atoms with E-state index in [1.165, 1.54) is 0 Å². The Morgan fingerprint density at radius 1 is 1.10 bits per heavy atom. The first-order valence-electron chi connectivity index (χ1n) is 6.57. The highest BCUT2D eigenvalue weighted by molar-refractivity contribution is 9.10. The molecule has 0 bridgehead atoms. The topological polar surface area (TPSA) is 86.8 Å². The molecule has 0 saturated carbocycles. The second kappa shape index (κ2) is 10.6. The number of hydrogen-bond acceptors (Lipinski definition) is 5. The van der Waals surface area contributed by atoms with Crippen LogP contribution in [0.1, 0.15) is 5.56 Å². The van der Waals surface area contributed by atoms with Gasteiger partial charge in [-0.2, -0.15) is 0 Å². The number of ether oxygens (including phenoxy) is 4. The number of nitrogens with one attached hydrogen (secondary N) is 1. The fraction of sp³-hybridized carbons (Fsp3) is 0.500. The van der Waals surface area contributed by atoms with Crippen molar-refractivity contribution >= 4 is 21.8 Å². The highest BCUT2D eigenvalue weighted by Crippen LogP contribution is 2.26. The molecule has 1 aromatic rings. The van der Waals surface area contributed by atoms with Crippen LogP contribution >= 0.6 is 15.9 Å². The molecule has 1 rings (SSSR count). The molecule has 0 aliphatic carbocycles. The van der Waals surface area contributed by atoms with Crippen molar-refractivity contribution in [1.82, 2.24) is 0 Å². The van der Waals surface area contributed by atoms with Crippen LogP contribution in [0.3, 0.4) is 0 Å². The summed E-state index contributed by atoms with van der Waals surface area (Å²) in [7, 11) is 1.63. The van der Waals surface area contributed by atoms with Crippen molar-refractivity contribution in [3.63, 3.8) is 0 Å². The summed E-state index contributed by atoms with van der Waals surface area (Å²) in [5, 5.41) is 7.55. The van der Waals surface area contributed by atoms with E-state index >= 15 is 0 Å². The van der Waals surface area contributed by atoms with E-state index < -0.39 is 0 Å². The lowest BCUT2D eigenvalue weighted by molar-refractivity contribution is 0.0179. The third kappa shape index (κ3) is 6.90. The van der Waals surface area contributed by atoms with Gasteiger partial charge in [0.1, 0.15) is 18.2 Å². The predicted molar refractivity (Wildman–Crippen MR) is 84.2 cm³/mol. The molecule has 7 heteroatoms. The fourth-order valence-electron chi connectivity index (χ4n) is 1.56. The number of rotatable bonds is 11. The van der Waals surface area contributed by atoms with Crippen molar-refractivity contribution in [2.45, 2.75) is 0 Å². The van der Waals surface area contributed by atoms with Crippen molar-refractivity contribution in [1.29, 1.82) is 5.41 Å². The average molecular weight is 361 g/mol. The number of amidine groups is 1. The Bertz CT molecular complexity index is 443. The lowest BCUT2D eigenvalue weighted by Gasteiger charge is -2.12. The third-order valence-corrected chi connectivity index (χ3v) is 3.19. The van der Waals surface area contributed by atoms with E-state index in [0.717, 1.165) is 4.47 Å². The van der Waals surface area contributed by atoms with Crippen molar-refractivity contribution in [2.75, 3.05) is 46.8 Å². The van der Waals surface area contributed by atoms with E-state index in [9.17, 15) is 0 Å². The summed E-state index contributed by atoms with van der Waals surface area (Å²) in [5.41, 5.74) is 6.10. The molecular weight excluding hydrogens is 340 g/mol. The summed E-state index contributed by atoms with van der Waals surface area (Å²) in [6, 6.07) is 5.42. The second-order valence-electron chi connectivity index (χ2n) is 4.09. The molecule has 3 N–H and O–H groups in total. The van der Waals surface area contributed by atoms with Crippen molar-refractivity contribution in [3.05, 3.63) is 28.2 Å². The molecule has 0 amide bonds. The van der Waals surface area contributed by atoms with Crippen LogP contribution in [0.4, 0.5) is 0 Å². The average Bonchev–Trinajstić information content (AvgIpc) is 2.45. The largest absolute Gasteiger partial charge is 0.490 e. The summed E-state index contributed by atoms with van der Waals surface area (Å²) < 4.78 is 21.8. The maximum Gasteiger partial charge on any atom is 0.131 e. The molecule has 118 valence electrons. The van der Waals surface area contributed by atoms with Crippen LogP contribution in [0, 0.1) is 5.41 Å². The summed E-state index contributed by atoms with van der Waals surface area (Å²) in [6.45, 7) is 3.01. The number of methoxy groups -OCH3 is 1. The molecule has 1 aromatic carbocycles. The molecule has 0 atom stereocenters. The smallest absolute Gasteiger partial charge is 0.131 e. The monoisotopic (exact) mass is 360 g/mol. The quantitative estimate of drug-likeness (QED) is 0.357. The van der Waals surface area contributed by atoms with Crippen molar-refractivity contribution in [2.24, 2.45) is 5.73 Å². The molecule has 0 saturated heterocycles. The molecule has 0 aliphatic rings. The Labute approximate surface area is 133 Å². The van der Waals surface area contributed by atoms with Crippen LogP contribution in [0.2, 0.25) is 0 Å². The van der Waals surface area contributed by atoms with Crippen LogP contribution < -0.4 is 10.5 Å². The summed E-state index contributed by atoms with van der Waals surface area (Å²) in [4.78, 5) is 0. The van der Waals surface area contributed by atoms with Gasteiger partial charge in [-0.25, -0.2) is 0 Å². The molecule has 0 radical (unpaired) electrons. The molecule has 0 heterocycles. The summed E-state index contributed by atoms with van der Waals surface area (Å²) >= 11 is 3.35. The van der Waals surface area contributed by atoms with Gasteiger partial charge in [0.15, 0.2) is 0 Å². The Balaban J connectivity index is 2.21. The molecule has 0 aliphatic heterocycles. The van der Waals surface area contributed by atoms with E-state index in [0.29, 0.717) is 51.0 Å². The zero-order valence-corrected chi connectivity index (χ0v) is 13.6. The lowest BCUT2D eigenvalue weighted by Crippen LogP contribution is -2.16. The van der Waals surface area contributed by atoms with E-state index in [1.54, 1.807) is 13.2 Å². The predicted octanol–water partition coefficient (Wildman–Crippen LogP) is 1.79. The molecule has 0 spiro atoms. The van der Waals surface area contributed by atoms with Crippen LogP contribution in [-0.4, -0.2) is 52.6 Å². The molecule has 0 unspecified atom stereocenters. The van der Waals surface area contributed by atoms with E-state index in [-0.39, 0.29) is 5.84 Å². The van der Waals surface area contributed by atoms with Gasteiger partial charge in [0.05, 0.1) is 38.6 Å². The van der Waals surface area contributed by atoms with Gasteiger partial charge in [0.25, 0.3) is 0 Å². The Kier molecular flexibility index (Phi) is 9.00. The first kappa shape index (κ1) is 17.9. The SMILES string of the molecule is COCCOCCOCCOc1cccc(Br)c1C(=N)N. The Morgan fingerprint density at radius 3 is 2.33 bits per heavy atom. The number of benzene rings is 1. The molecule has 21 heavy (non-hydrogen) atoms. The van der Waals surface area contributed by atoms with Crippen LogP contribution in [0.25, 0.3) is 0 Å². The minimum atomic E-state index is -0.0371. The van der Waals surface area contributed by atoms with Gasteiger partial charge < -0.3 is 24.7 Å². The highest BCUT2D eigenvalue weighted by Gasteiger charge is 2.10. The normalized spacial score (nSPS) is 10.6. The van der Waals surface area contributed by atoms with Gasteiger partial charge in [0.2, 0.25) is 0 Å². The number of hydrogen-bond donors (Lipinski definition) is 2. The molecule has 0 aromatic heterocycles. The first-order valence-corrected chi connectivity index (χ1v) is 7.36. The lowest BCUT2D eigenvalue weighted by atomic mass is 10.2. The molecular formula is C14H21BrN2O4. The van der Waals surface area contributed by atoms with Gasteiger partial charge in [-0.3, -0.25) is 5.41 Å². The van der Waals surface area contributed by atoms with Crippen LogP contribution in [-0.2, 0) is 14.2 Å². The summed E-state index contributed by atoms with van der Waals surface area (Å²) in [6.07, 6.45) is 0. The van der Waals surface area contributed by atoms with E-state index in [4.69, 9.17) is 30.1 Å². The van der Waals surface area contributed by atoms with Gasteiger partial charge in [-0.05, 0) is 28.1 Å². The minimum absolute atomic E-state index is 0.0371. The van der Waals surface area contributed by atoms with Gasteiger partial charge >= 0.3 is 0 Å². The number of halogens is 1. The standard InChI is InChI=1S/C14H21BrN2O4/c1-18-5-6-19-7-8-20-9-10-21-12-4-2-3-11(15)13(12)14(16)17/h2-4H,5-10H2,1H3,(H3,16,17). The van der Waals surface area contributed by atoms with E-state index in [1.807, 2.05) is 12.1 Å². The summed E-state index contributed by atoms with van der Waals surface area (Å²) in [5.74, 6) is 0.529. The maximum atomic E-state index is 7.55. The zero-order chi connectivity index (χ0) is 15.5. The van der Waals surface area contributed by atoms with Gasteiger partial charge in [0, 0.05) is 11.6 Å². The Hall–Kier alpha value is -1.15. The molecule has 0 fully saturated rings. The number of nitrogen functional groups attached to an aromatic ring is 1. The third-order valence-electron chi connectivity index (χ3n) is 2.53. The van der Waals surface area contributed by atoms with Crippen molar-refractivity contribution < 1.29 is 18.9 Å².